The number of hydrogen-bond donors (Lipinski definition) is 0. The van der Waals surface area contributed by atoms with E-state index in [1.807, 2.05) is 73.7 Å². The Balaban J connectivity index is 0.000000182. The van der Waals surface area contributed by atoms with Crippen LogP contribution in [0.25, 0.3) is 21.9 Å². The van der Waals surface area contributed by atoms with Crippen LogP contribution in [0.1, 0.15) is 129 Å². The van der Waals surface area contributed by atoms with Crippen LogP contribution in [0.15, 0.2) is 174 Å². The van der Waals surface area contributed by atoms with Crippen LogP contribution in [-0.4, -0.2) is 45.6 Å². The average Bonchev–Trinajstić information content (AvgIpc) is 3.85. The van der Waals surface area contributed by atoms with E-state index in [2.05, 4.69) is 140 Å². The van der Waals surface area contributed by atoms with Crippen molar-refractivity contribution in [3.05, 3.63) is 233 Å². The fourth-order valence-corrected chi connectivity index (χ4v) is 10.7. The highest BCUT2D eigenvalue weighted by molar-refractivity contribution is 6.01. The Bertz CT molecular complexity index is 3270. The van der Waals surface area contributed by atoms with Gasteiger partial charge >= 0.3 is 0 Å². The van der Waals surface area contributed by atoms with Crippen LogP contribution < -0.4 is 10.9 Å². The highest BCUT2D eigenvalue weighted by atomic mass is 19.1. The molecule has 8 nitrogen and oxygen atoms in total. The Morgan fingerprint density at radius 1 is 0.514 bits per heavy atom. The lowest BCUT2D eigenvalue weighted by Crippen LogP contribution is -2.39. The first-order valence-corrected chi connectivity index (χ1v) is 26.0. The van der Waals surface area contributed by atoms with Gasteiger partial charge in [0.2, 0.25) is 0 Å². The maximum absolute atomic E-state index is 14.2. The van der Waals surface area contributed by atoms with Crippen molar-refractivity contribution < 1.29 is 13.2 Å². The van der Waals surface area contributed by atoms with Gasteiger partial charge in [-0.3, -0.25) is 19.6 Å². The molecule has 9 heteroatoms. The lowest BCUT2D eigenvalue weighted by molar-refractivity contribution is 0.210. The summed E-state index contributed by atoms with van der Waals surface area (Å²) < 4.78 is 27.5. The Labute approximate surface area is 435 Å². The Kier molecular flexibility index (Phi) is 14.5. The standard InChI is InChI=1S/C33H36N2O2.C32H33FN2O2/c1-21(2)29(35-20-33(5,6)34-32(35)25-15-12-22(3)13-16-25)31-27(19-24-10-8-7-9-11-24)30(36)26-17-14-23(4)18-28(26)37-31;1-20(2)28(35-19-32(4,5)34-31(35)23-13-11-21(3)12-14-23)30-26(17-22-9-7-6-8-10-22)29(36)25-16-15-24(33)18-27(25)37-30/h7-18,21,29H,19-20H2,1-6H3;6-16,18,20,28H,17,19H2,1-5H3/t29-;28-/m11/s1. The van der Waals surface area contributed by atoms with Crippen LogP contribution in [0.3, 0.4) is 0 Å². The number of fused-ring (bicyclic) bond motifs is 2. The smallest absolute Gasteiger partial charge is 0.196 e. The third-order valence-corrected chi connectivity index (χ3v) is 14.2. The zero-order chi connectivity index (χ0) is 52.6. The van der Waals surface area contributed by atoms with Gasteiger partial charge in [0, 0.05) is 54.3 Å². The zero-order valence-corrected chi connectivity index (χ0v) is 44.8. The molecule has 74 heavy (non-hydrogen) atoms. The van der Waals surface area contributed by atoms with Gasteiger partial charge in [-0.15, -0.1) is 0 Å². The second-order valence-electron chi connectivity index (χ2n) is 22.4. The summed E-state index contributed by atoms with van der Waals surface area (Å²) in [6.07, 6.45) is 0.961. The van der Waals surface area contributed by atoms with Crippen LogP contribution in [0.5, 0.6) is 0 Å². The zero-order valence-electron chi connectivity index (χ0n) is 44.8. The third-order valence-electron chi connectivity index (χ3n) is 14.2. The van der Waals surface area contributed by atoms with E-state index >= 15 is 0 Å². The van der Waals surface area contributed by atoms with Gasteiger partial charge < -0.3 is 18.6 Å². The van der Waals surface area contributed by atoms with Crippen molar-refractivity contribution in [1.82, 2.24) is 9.80 Å². The Morgan fingerprint density at radius 3 is 1.30 bits per heavy atom. The normalized spacial score (nSPS) is 15.9. The molecule has 8 aromatic rings. The quantitative estimate of drug-likeness (QED) is 0.121. The van der Waals surface area contributed by atoms with E-state index in [0.717, 1.165) is 57.4 Å². The van der Waals surface area contributed by atoms with Crippen molar-refractivity contribution in [2.45, 2.75) is 112 Å². The fraction of sp³-hybridized carbons (Fsp3) is 0.323. The minimum Gasteiger partial charge on any atom is -0.458 e. The first kappa shape index (κ1) is 51.5. The van der Waals surface area contributed by atoms with Gasteiger partial charge in [-0.05, 0) is 101 Å². The SMILES string of the molecule is Cc1ccc(C2=NC(C)(C)CN2[C@@H](c2oc3cc(C)ccc3c(=O)c2Cc2ccccc2)C(C)C)cc1.Cc1ccc(C2=NC(C)(C)CN2[C@@H](c2oc3cc(F)ccc3c(=O)c2Cc2ccccc2)C(C)C)cc1. The van der Waals surface area contributed by atoms with Gasteiger partial charge in [0.05, 0.1) is 33.9 Å². The Hall–Kier alpha value is -7.39. The van der Waals surface area contributed by atoms with Crippen molar-refractivity contribution in [1.29, 1.82) is 0 Å². The molecule has 2 aromatic heterocycles. The van der Waals surface area contributed by atoms with Crippen LogP contribution in [0.2, 0.25) is 0 Å². The molecular weight excluding hydrogens is 920 g/mol. The van der Waals surface area contributed by atoms with Crippen molar-refractivity contribution >= 4 is 33.6 Å². The highest BCUT2D eigenvalue weighted by Crippen LogP contribution is 2.41. The summed E-state index contributed by atoms with van der Waals surface area (Å²) in [7, 11) is 0. The molecule has 0 fully saturated rings. The molecule has 0 amide bonds. The number of hydrogen-bond acceptors (Lipinski definition) is 8. The van der Waals surface area contributed by atoms with Crippen molar-refractivity contribution in [3.63, 3.8) is 0 Å². The second kappa shape index (κ2) is 20.9. The molecule has 0 saturated carbocycles. The summed E-state index contributed by atoms with van der Waals surface area (Å²) in [5.41, 5.74) is 9.35. The molecule has 4 heterocycles. The predicted octanol–water partition coefficient (Wildman–Crippen LogP) is 14.3. The van der Waals surface area contributed by atoms with Gasteiger partial charge in [0.15, 0.2) is 10.9 Å². The van der Waals surface area contributed by atoms with Gasteiger partial charge in [-0.1, -0.05) is 154 Å². The second-order valence-corrected chi connectivity index (χ2v) is 22.4. The van der Waals surface area contributed by atoms with Crippen LogP contribution in [0, 0.1) is 38.4 Å². The molecule has 2 aliphatic rings. The molecule has 380 valence electrons. The van der Waals surface area contributed by atoms with E-state index in [0.29, 0.717) is 47.1 Å². The number of amidine groups is 2. The van der Waals surface area contributed by atoms with E-state index in [1.54, 1.807) is 0 Å². The predicted molar refractivity (Wildman–Crippen MR) is 300 cm³/mol. The number of nitrogens with zero attached hydrogens (tertiary/aromatic N) is 4. The summed E-state index contributed by atoms with van der Waals surface area (Å²) in [5.74, 6) is 3.03. The molecule has 0 radical (unpaired) electrons. The first-order chi connectivity index (χ1) is 35.3. The van der Waals surface area contributed by atoms with E-state index in [9.17, 15) is 14.0 Å². The number of benzene rings is 6. The van der Waals surface area contributed by atoms with E-state index in [1.165, 1.54) is 29.3 Å². The summed E-state index contributed by atoms with van der Waals surface area (Å²) in [6, 6.07) is 46.6. The fourth-order valence-electron chi connectivity index (χ4n) is 10.7. The van der Waals surface area contributed by atoms with Gasteiger partial charge in [0.25, 0.3) is 0 Å². The lowest BCUT2D eigenvalue weighted by Gasteiger charge is -2.35. The highest BCUT2D eigenvalue weighted by Gasteiger charge is 2.42. The molecule has 2 atom stereocenters. The monoisotopic (exact) mass is 989 g/mol. The van der Waals surface area contributed by atoms with Crippen molar-refractivity contribution in [2.24, 2.45) is 21.8 Å². The number of aliphatic imine (C=N–C) groups is 2. The van der Waals surface area contributed by atoms with Gasteiger partial charge in [-0.25, -0.2) is 4.39 Å². The first-order valence-electron chi connectivity index (χ1n) is 26.0. The van der Waals surface area contributed by atoms with Crippen LogP contribution in [0.4, 0.5) is 4.39 Å². The molecular formula is C65H69FN4O4. The minimum atomic E-state index is -0.428. The molecule has 6 aromatic carbocycles. The summed E-state index contributed by atoms with van der Waals surface area (Å²) >= 11 is 0. The summed E-state index contributed by atoms with van der Waals surface area (Å²) in [4.78, 5) is 42.8. The van der Waals surface area contributed by atoms with E-state index < -0.39 is 5.82 Å². The van der Waals surface area contributed by atoms with Crippen LogP contribution in [-0.2, 0) is 12.8 Å². The molecule has 0 bridgehead atoms. The number of halogens is 1. The van der Waals surface area contributed by atoms with Crippen LogP contribution >= 0.6 is 0 Å². The molecule has 10 rings (SSSR count). The maximum atomic E-state index is 14.2. The molecule has 0 aliphatic carbocycles. The Morgan fingerprint density at radius 2 is 0.892 bits per heavy atom. The topological polar surface area (TPSA) is 91.6 Å². The lowest BCUT2D eigenvalue weighted by atomic mass is 9.91. The molecule has 0 saturated heterocycles. The number of aryl methyl sites for hydroxylation is 3. The van der Waals surface area contributed by atoms with Crippen molar-refractivity contribution in [2.75, 3.05) is 13.1 Å². The molecule has 0 spiro atoms. The largest absolute Gasteiger partial charge is 0.458 e. The van der Waals surface area contributed by atoms with Gasteiger partial charge in [-0.2, -0.15) is 0 Å². The minimum absolute atomic E-state index is 0.0537. The average molecular weight is 989 g/mol. The summed E-state index contributed by atoms with van der Waals surface area (Å²) in [6.45, 7) is 24.9. The molecule has 2 aliphatic heterocycles. The van der Waals surface area contributed by atoms with E-state index in [-0.39, 0.29) is 51.4 Å². The van der Waals surface area contributed by atoms with Crippen molar-refractivity contribution in [3.8, 4) is 0 Å². The van der Waals surface area contributed by atoms with Gasteiger partial charge in [0.1, 0.15) is 40.2 Å². The number of rotatable bonds is 12. The van der Waals surface area contributed by atoms with E-state index in [4.69, 9.17) is 18.8 Å². The molecule has 0 N–H and O–H groups in total. The maximum Gasteiger partial charge on any atom is 0.196 e. The summed E-state index contributed by atoms with van der Waals surface area (Å²) in [5, 5.41) is 1.03. The third kappa shape index (κ3) is 10.9. The molecule has 0 unspecified atom stereocenters.